The van der Waals surface area contributed by atoms with Gasteiger partial charge in [-0.3, -0.25) is 14.6 Å². The number of carbonyl (C=O) groups is 2. The van der Waals surface area contributed by atoms with E-state index in [1.54, 1.807) is 22.0 Å². The lowest BCUT2D eigenvalue weighted by atomic mass is 9.99. The van der Waals surface area contributed by atoms with Crippen molar-refractivity contribution in [2.24, 2.45) is 5.92 Å². The number of hydrogen-bond donors (Lipinski definition) is 1. The molecule has 4 rings (SSSR count). The first-order valence-corrected chi connectivity index (χ1v) is 9.33. The molecule has 1 saturated heterocycles. The second-order valence-corrected chi connectivity index (χ2v) is 7.29. The van der Waals surface area contributed by atoms with Crippen LogP contribution in [0.15, 0.2) is 36.7 Å². The van der Waals surface area contributed by atoms with Gasteiger partial charge in [-0.05, 0) is 25.0 Å². The summed E-state index contributed by atoms with van der Waals surface area (Å²) in [6.07, 6.45) is 3.51. The van der Waals surface area contributed by atoms with Crippen LogP contribution in [0.5, 0.6) is 0 Å². The summed E-state index contributed by atoms with van der Waals surface area (Å²) in [5.74, 6) is -0.384. The molecule has 0 unspecified atom stereocenters. The van der Waals surface area contributed by atoms with Crippen LogP contribution in [-0.2, 0) is 4.79 Å². The molecule has 8 nitrogen and oxygen atoms in total. The van der Waals surface area contributed by atoms with Gasteiger partial charge in [0.1, 0.15) is 6.04 Å². The summed E-state index contributed by atoms with van der Waals surface area (Å²) in [4.78, 5) is 31.3. The van der Waals surface area contributed by atoms with Gasteiger partial charge in [0.15, 0.2) is 5.69 Å². The van der Waals surface area contributed by atoms with Crippen molar-refractivity contribution in [3.8, 4) is 5.69 Å². The van der Waals surface area contributed by atoms with E-state index >= 15 is 0 Å². The number of piperazine rings is 1. The Bertz CT molecular complexity index is 1050. The topological polar surface area (TPSA) is 93.0 Å². The molecule has 0 aliphatic carbocycles. The van der Waals surface area contributed by atoms with E-state index in [9.17, 15) is 9.59 Å². The standard InChI is InChI=1S/C20H22N6O2/c1-12(2)18-19(27)22-9-10-25(18)20(28)17-13(3)26(24-23-17)16-6-4-5-14-11-21-8-7-15(14)16/h4-8,11-12,18H,9-10H2,1-3H3,(H,22,27)/t18-/m0/s1. The monoisotopic (exact) mass is 378 g/mol. The number of carbonyl (C=O) groups excluding carboxylic acids is 2. The first kappa shape index (κ1) is 18.1. The second kappa shape index (κ2) is 7.03. The van der Waals surface area contributed by atoms with Crippen LogP contribution in [0.2, 0.25) is 0 Å². The van der Waals surface area contributed by atoms with Gasteiger partial charge in [-0.2, -0.15) is 0 Å². The summed E-state index contributed by atoms with van der Waals surface area (Å²) in [5, 5.41) is 13.2. The summed E-state index contributed by atoms with van der Waals surface area (Å²) in [6, 6.07) is 7.24. The van der Waals surface area contributed by atoms with E-state index in [-0.39, 0.29) is 23.4 Å². The molecule has 3 heterocycles. The minimum atomic E-state index is -0.505. The average molecular weight is 378 g/mol. The van der Waals surface area contributed by atoms with Crippen molar-refractivity contribution >= 4 is 22.6 Å². The molecular formula is C20H22N6O2. The summed E-state index contributed by atoms with van der Waals surface area (Å²) in [7, 11) is 0. The lowest BCUT2D eigenvalue weighted by Gasteiger charge is -2.36. The van der Waals surface area contributed by atoms with Gasteiger partial charge < -0.3 is 10.2 Å². The SMILES string of the molecule is Cc1c(C(=O)N2CCNC(=O)[C@@H]2C(C)C)nnn1-c1cccc2cnccc12. The van der Waals surface area contributed by atoms with Crippen molar-refractivity contribution in [1.82, 2.24) is 30.2 Å². The third-order valence-electron chi connectivity index (χ3n) is 5.13. The van der Waals surface area contributed by atoms with Crippen LogP contribution in [0.1, 0.15) is 30.0 Å². The zero-order valence-corrected chi connectivity index (χ0v) is 16.1. The van der Waals surface area contributed by atoms with Crippen LogP contribution in [-0.4, -0.2) is 55.8 Å². The number of pyridine rings is 1. The van der Waals surface area contributed by atoms with Gasteiger partial charge in [-0.25, -0.2) is 4.68 Å². The van der Waals surface area contributed by atoms with E-state index in [2.05, 4.69) is 20.6 Å². The fourth-order valence-corrected chi connectivity index (χ4v) is 3.76. The van der Waals surface area contributed by atoms with Crippen LogP contribution in [0.25, 0.3) is 16.5 Å². The minimum absolute atomic E-state index is 0.00479. The smallest absolute Gasteiger partial charge is 0.277 e. The van der Waals surface area contributed by atoms with E-state index in [0.29, 0.717) is 18.8 Å². The van der Waals surface area contributed by atoms with Crippen LogP contribution >= 0.6 is 0 Å². The predicted molar refractivity (Wildman–Crippen MR) is 104 cm³/mol. The molecule has 0 radical (unpaired) electrons. The molecular weight excluding hydrogens is 356 g/mol. The third-order valence-corrected chi connectivity index (χ3v) is 5.13. The molecule has 2 aromatic heterocycles. The Kier molecular flexibility index (Phi) is 4.54. The minimum Gasteiger partial charge on any atom is -0.353 e. The Morgan fingerprint density at radius 1 is 1.29 bits per heavy atom. The highest BCUT2D eigenvalue weighted by Crippen LogP contribution is 2.24. The maximum absolute atomic E-state index is 13.2. The van der Waals surface area contributed by atoms with Crippen molar-refractivity contribution in [2.75, 3.05) is 13.1 Å². The van der Waals surface area contributed by atoms with Crippen molar-refractivity contribution in [1.29, 1.82) is 0 Å². The number of nitrogens with zero attached hydrogens (tertiary/aromatic N) is 5. The van der Waals surface area contributed by atoms with Gasteiger partial charge in [0.25, 0.3) is 5.91 Å². The van der Waals surface area contributed by atoms with Crippen LogP contribution in [0.3, 0.4) is 0 Å². The molecule has 1 fully saturated rings. The Labute approximate surface area is 162 Å². The highest BCUT2D eigenvalue weighted by molar-refractivity contribution is 5.98. The van der Waals surface area contributed by atoms with Gasteiger partial charge in [0, 0.05) is 36.3 Å². The molecule has 0 spiro atoms. The van der Waals surface area contributed by atoms with Crippen molar-refractivity contribution in [3.05, 3.63) is 48.0 Å². The van der Waals surface area contributed by atoms with E-state index in [4.69, 9.17) is 0 Å². The molecule has 1 aliphatic rings. The van der Waals surface area contributed by atoms with Crippen LogP contribution in [0, 0.1) is 12.8 Å². The van der Waals surface area contributed by atoms with Gasteiger partial charge in [0.2, 0.25) is 5.91 Å². The number of amides is 2. The quantitative estimate of drug-likeness (QED) is 0.749. The van der Waals surface area contributed by atoms with Crippen molar-refractivity contribution in [3.63, 3.8) is 0 Å². The van der Waals surface area contributed by atoms with Gasteiger partial charge >= 0.3 is 0 Å². The van der Waals surface area contributed by atoms with Crippen molar-refractivity contribution < 1.29 is 9.59 Å². The fourth-order valence-electron chi connectivity index (χ4n) is 3.76. The second-order valence-electron chi connectivity index (χ2n) is 7.29. The van der Waals surface area contributed by atoms with E-state index < -0.39 is 6.04 Å². The highest BCUT2D eigenvalue weighted by Gasteiger charge is 2.37. The molecule has 144 valence electrons. The number of fused-ring (bicyclic) bond motifs is 1. The lowest BCUT2D eigenvalue weighted by molar-refractivity contribution is -0.129. The number of rotatable bonds is 3. The average Bonchev–Trinajstić information content (AvgIpc) is 3.07. The van der Waals surface area contributed by atoms with E-state index in [1.807, 2.05) is 45.0 Å². The van der Waals surface area contributed by atoms with Gasteiger partial charge in [-0.1, -0.05) is 31.2 Å². The summed E-state index contributed by atoms with van der Waals surface area (Å²) in [5.41, 5.74) is 1.75. The maximum Gasteiger partial charge on any atom is 0.277 e. The highest BCUT2D eigenvalue weighted by atomic mass is 16.2. The largest absolute Gasteiger partial charge is 0.353 e. The molecule has 1 aromatic carbocycles. The molecule has 1 N–H and O–H groups in total. The molecule has 3 aromatic rings. The molecule has 2 amide bonds. The summed E-state index contributed by atoms with van der Waals surface area (Å²) < 4.78 is 1.67. The third kappa shape index (κ3) is 2.90. The Balaban J connectivity index is 1.74. The molecule has 8 heteroatoms. The molecule has 0 saturated carbocycles. The van der Waals surface area contributed by atoms with Crippen LogP contribution in [0.4, 0.5) is 0 Å². The fraction of sp³-hybridized carbons (Fsp3) is 0.350. The Hall–Kier alpha value is -3.29. The number of aromatic nitrogens is 4. The summed E-state index contributed by atoms with van der Waals surface area (Å²) in [6.45, 7) is 6.59. The predicted octanol–water partition coefficient (Wildman–Crippen LogP) is 1.72. The zero-order chi connectivity index (χ0) is 19.8. The molecule has 28 heavy (non-hydrogen) atoms. The zero-order valence-electron chi connectivity index (χ0n) is 16.1. The number of nitrogens with one attached hydrogen (secondary N) is 1. The lowest BCUT2D eigenvalue weighted by Crippen LogP contribution is -2.59. The molecule has 0 bridgehead atoms. The van der Waals surface area contributed by atoms with Gasteiger partial charge in [-0.15, -0.1) is 5.10 Å². The van der Waals surface area contributed by atoms with E-state index in [1.165, 1.54) is 0 Å². The normalized spacial score (nSPS) is 17.2. The first-order chi connectivity index (χ1) is 13.5. The molecule has 1 aliphatic heterocycles. The first-order valence-electron chi connectivity index (χ1n) is 9.33. The van der Waals surface area contributed by atoms with Gasteiger partial charge in [0.05, 0.1) is 11.4 Å². The number of hydrogen-bond acceptors (Lipinski definition) is 5. The summed E-state index contributed by atoms with van der Waals surface area (Å²) >= 11 is 0. The van der Waals surface area contributed by atoms with Crippen LogP contribution < -0.4 is 5.32 Å². The van der Waals surface area contributed by atoms with Crippen molar-refractivity contribution in [2.45, 2.75) is 26.8 Å². The number of benzene rings is 1. The maximum atomic E-state index is 13.2. The molecule has 1 atom stereocenters. The Morgan fingerprint density at radius 3 is 2.89 bits per heavy atom. The Morgan fingerprint density at radius 2 is 2.11 bits per heavy atom. The van der Waals surface area contributed by atoms with E-state index in [0.717, 1.165) is 16.5 Å².